The number of hydrogen-bond acceptors (Lipinski definition) is 3. The van der Waals surface area contributed by atoms with Gasteiger partial charge in [-0.3, -0.25) is 0 Å². The second kappa shape index (κ2) is 11.9. The number of benzene rings is 6. The zero-order valence-corrected chi connectivity index (χ0v) is 24.9. The Morgan fingerprint density at radius 3 is 1.64 bits per heavy atom. The highest BCUT2D eigenvalue weighted by atomic mass is 14.8. The normalized spacial score (nSPS) is 11.0. The van der Waals surface area contributed by atoms with E-state index in [2.05, 4.69) is 156 Å². The van der Waals surface area contributed by atoms with E-state index in [0.717, 1.165) is 56.1 Å². The van der Waals surface area contributed by atoms with Crippen LogP contribution in [-0.2, 0) is 0 Å². The molecule has 0 aliphatic carbocycles. The first kappa shape index (κ1) is 27.2. The molecule has 1 heterocycles. The van der Waals surface area contributed by atoms with Crippen molar-refractivity contribution in [3.63, 3.8) is 0 Å². The minimum absolute atomic E-state index is 0.948. The van der Waals surface area contributed by atoms with E-state index in [1.807, 2.05) is 20.2 Å². The zero-order chi connectivity index (χ0) is 29.9. The maximum atomic E-state index is 5.13. The number of nitrogens with zero attached hydrogens (tertiary/aromatic N) is 1. The van der Waals surface area contributed by atoms with Crippen molar-refractivity contribution >= 4 is 22.1 Å². The Balaban J connectivity index is 1.26. The number of hydrogen-bond donors (Lipinski definition) is 2. The van der Waals surface area contributed by atoms with E-state index in [4.69, 9.17) is 4.98 Å². The molecule has 0 radical (unpaired) electrons. The highest BCUT2D eigenvalue weighted by molar-refractivity contribution is 5.88. The van der Waals surface area contributed by atoms with Crippen LogP contribution in [0.4, 0.5) is 11.4 Å². The van der Waals surface area contributed by atoms with Gasteiger partial charge in [-0.1, -0.05) is 115 Å². The summed E-state index contributed by atoms with van der Waals surface area (Å²) in [7, 11) is 3.91. The largest absolute Gasteiger partial charge is 0.388 e. The first-order valence-corrected chi connectivity index (χ1v) is 15.0. The van der Waals surface area contributed by atoms with Gasteiger partial charge in [-0.05, 0) is 75.0 Å². The lowest BCUT2D eigenvalue weighted by Crippen LogP contribution is -1.95. The maximum Gasteiger partial charge on any atom is 0.0715 e. The van der Waals surface area contributed by atoms with Crippen LogP contribution in [0, 0.1) is 0 Å². The van der Waals surface area contributed by atoms with Gasteiger partial charge in [-0.15, -0.1) is 0 Å². The lowest BCUT2D eigenvalue weighted by Gasteiger charge is -2.13. The van der Waals surface area contributed by atoms with Crippen LogP contribution >= 0.6 is 0 Å². The molecule has 0 saturated heterocycles. The van der Waals surface area contributed by atoms with Crippen LogP contribution in [0.5, 0.6) is 0 Å². The first-order chi connectivity index (χ1) is 21.7. The summed E-state index contributed by atoms with van der Waals surface area (Å²) >= 11 is 0. The predicted molar refractivity (Wildman–Crippen MR) is 188 cm³/mol. The average Bonchev–Trinajstić information content (AvgIpc) is 3.11. The Bertz CT molecular complexity index is 2060. The predicted octanol–water partition coefficient (Wildman–Crippen LogP) is 10.7. The number of nitrogens with one attached hydrogen (secondary N) is 2. The number of anilines is 2. The van der Waals surface area contributed by atoms with Crippen LogP contribution in [0.15, 0.2) is 152 Å². The van der Waals surface area contributed by atoms with E-state index in [9.17, 15) is 0 Å². The van der Waals surface area contributed by atoms with E-state index >= 15 is 0 Å². The SMILES string of the molecule is CNc1ccc(NC)c(-c2ccc(-c3cc(-c4ccc(-c5ccc6ccccc6c5)cc4)cc(-c4ccccc4)n3)cc2)c1. The van der Waals surface area contributed by atoms with E-state index in [0.29, 0.717) is 0 Å². The summed E-state index contributed by atoms with van der Waals surface area (Å²) in [5.74, 6) is 0. The number of fused-ring (bicyclic) bond motifs is 1. The van der Waals surface area contributed by atoms with E-state index in [-0.39, 0.29) is 0 Å². The topological polar surface area (TPSA) is 37.0 Å². The smallest absolute Gasteiger partial charge is 0.0715 e. The molecule has 44 heavy (non-hydrogen) atoms. The van der Waals surface area contributed by atoms with Crippen molar-refractivity contribution in [1.29, 1.82) is 0 Å². The van der Waals surface area contributed by atoms with Gasteiger partial charge in [0.1, 0.15) is 0 Å². The van der Waals surface area contributed by atoms with Crippen molar-refractivity contribution in [3.05, 3.63) is 152 Å². The van der Waals surface area contributed by atoms with Crippen molar-refractivity contribution in [2.45, 2.75) is 0 Å². The molecule has 0 fully saturated rings. The standard InChI is InChI=1S/C41H33N3/c1-42-37-22-23-39(43-2)38(27-37)31-17-19-33(20-18-31)41-26-36(25-40(44-41)32-9-4-3-5-10-32)30-14-12-29(13-15-30)35-21-16-28-8-6-7-11-34(28)24-35/h3-27,42-43H,1-2H3. The van der Waals surface area contributed by atoms with Crippen molar-refractivity contribution in [3.8, 4) is 55.9 Å². The van der Waals surface area contributed by atoms with Crippen LogP contribution in [0.25, 0.3) is 66.7 Å². The Morgan fingerprint density at radius 2 is 0.955 bits per heavy atom. The molecule has 7 aromatic rings. The van der Waals surface area contributed by atoms with Gasteiger partial charge in [-0.2, -0.15) is 0 Å². The molecule has 0 aliphatic rings. The molecule has 0 bridgehead atoms. The molecule has 2 N–H and O–H groups in total. The number of rotatable bonds is 7. The van der Waals surface area contributed by atoms with Gasteiger partial charge >= 0.3 is 0 Å². The van der Waals surface area contributed by atoms with Crippen molar-refractivity contribution in [2.75, 3.05) is 24.7 Å². The highest BCUT2D eigenvalue weighted by Crippen LogP contribution is 2.35. The fourth-order valence-electron chi connectivity index (χ4n) is 5.80. The van der Waals surface area contributed by atoms with Crippen molar-refractivity contribution < 1.29 is 0 Å². The van der Waals surface area contributed by atoms with Crippen molar-refractivity contribution in [2.24, 2.45) is 0 Å². The number of pyridine rings is 1. The monoisotopic (exact) mass is 567 g/mol. The minimum atomic E-state index is 0.948. The summed E-state index contributed by atoms with van der Waals surface area (Å²) in [6.45, 7) is 0. The van der Waals surface area contributed by atoms with Gasteiger partial charge in [0.2, 0.25) is 0 Å². The average molecular weight is 568 g/mol. The van der Waals surface area contributed by atoms with Gasteiger partial charge < -0.3 is 10.6 Å². The van der Waals surface area contributed by atoms with Gasteiger partial charge in [0, 0.05) is 42.2 Å². The summed E-state index contributed by atoms with van der Waals surface area (Å²) in [5, 5.41) is 9.09. The summed E-state index contributed by atoms with van der Waals surface area (Å²) in [6, 6.07) is 53.9. The molecule has 0 atom stereocenters. The van der Waals surface area contributed by atoms with E-state index in [1.54, 1.807) is 0 Å². The van der Waals surface area contributed by atoms with Crippen LogP contribution in [-0.4, -0.2) is 19.1 Å². The maximum absolute atomic E-state index is 5.13. The molecule has 0 spiro atoms. The Morgan fingerprint density at radius 1 is 0.386 bits per heavy atom. The third-order valence-corrected chi connectivity index (χ3v) is 8.27. The minimum Gasteiger partial charge on any atom is -0.388 e. The van der Waals surface area contributed by atoms with Crippen LogP contribution in [0.3, 0.4) is 0 Å². The third kappa shape index (κ3) is 5.44. The van der Waals surface area contributed by atoms with Crippen LogP contribution in [0.1, 0.15) is 0 Å². The molecule has 0 amide bonds. The molecule has 3 nitrogen and oxygen atoms in total. The molecule has 0 unspecified atom stereocenters. The second-order valence-corrected chi connectivity index (χ2v) is 11.0. The van der Waals surface area contributed by atoms with E-state index in [1.165, 1.54) is 21.9 Å². The van der Waals surface area contributed by atoms with Gasteiger partial charge in [0.15, 0.2) is 0 Å². The lowest BCUT2D eigenvalue weighted by molar-refractivity contribution is 1.32. The summed E-state index contributed by atoms with van der Waals surface area (Å²) in [5.41, 5.74) is 13.3. The summed E-state index contributed by atoms with van der Waals surface area (Å²) in [6.07, 6.45) is 0. The molecule has 7 rings (SSSR count). The van der Waals surface area contributed by atoms with Gasteiger partial charge in [0.05, 0.1) is 11.4 Å². The fourth-order valence-corrected chi connectivity index (χ4v) is 5.80. The molecule has 0 aliphatic heterocycles. The summed E-state index contributed by atoms with van der Waals surface area (Å²) in [4.78, 5) is 5.13. The third-order valence-electron chi connectivity index (χ3n) is 8.27. The van der Waals surface area contributed by atoms with Crippen LogP contribution in [0.2, 0.25) is 0 Å². The lowest BCUT2D eigenvalue weighted by atomic mass is 9.96. The van der Waals surface area contributed by atoms with Gasteiger partial charge in [-0.25, -0.2) is 4.98 Å². The molecule has 6 aromatic carbocycles. The highest BCUT2D eigenvalue weighted by Gasteiger charge is 2.11. The molecule has 1 aromatic heterocycles. The molecular formula is C41H33N3. The Hall–Kier alpha value is -5.67. The Labute approximate surface area is 258 Å². The summed E-state index contributed by atoms with van der Waals surface area (Å²) < 4.78 is 0. The van der Waals surface area contributed by atoms with E-state index < -0.39 is 0 Å². The van der Waals surface area contributed by atoms with Gasteiger partial charge in [0.25, 0.3) is 0 Å². The van der Waals surface area contributed by atoms with Crippen molar-refractivity contribution in [1.82, 2.24) is 4.98 Å². The number of aromatic nitrogens is 1. The van der Waals surface area contributed by atoms with Crippen LogP contribution < -0.4 is 10.6 Å². The Kier molecular flexibility index (Phi) is 7.35. The fraction of sp³-hybridized carbons (Fsp3) is 0.0488. The first-order valence-electron chi connectivity index (χ1n) is 15.0. The second-order valence-electron chi connectivity index (χ2n) is 11.0. The quantitative estimate of drug-likeness (QED) is 0.201. The molecule has 3 heteroatoms. The molecule has 0 saturated carbocycles. The zero-order valence-electron chi connectivity index (χ0n) is 24.9. The molecule has 212 valence electrons. The molecular weight excluding hydrogens is 534 g/mol.